The smallest absolute Gasteiger partial charge is 0.327 e. The molecular formula is C14H21N3O3. The standard InChI is InChI=1S/C14H21N3O3/c1-10(18)15-7-8-16-12(9-15)13(19)17(14(16)20)11-5-3-2-4-6-11/h11-12H,2-9H2,1H3. The Balaban J connectivity index is 1.77. The van der Waals surface area contributed by atoms with Crippen molar-refractivity contribution < 1.29 is 14.4 Å². The molecule has 2 aliphatic heterocycles. The molecular weight excluding hydrogens is 258 g/mol. The van der Waals surface area contributed by atoms with E-state index < -0.39 is 6.04 Å². The van der Waals surface area contributed by atoms with E-state index in [0.29, 0.717) is 19.6 Å². The fraction of sp³-hybridized carbons (Fsp3) is 0.786. The third-order valence-electron chi connectivity index (χ3n) is 4.74. The summed E-state index contributed by atoms with van der Waals surface area (Å²) in [4.78, 5) is 41.2. The zero-order valence-electron chi connectivity index (χ0n) is 11.9. The van der Waals surface area contributed by atoms with Gasteiger partial charge >= 0.3 is 6.03 Å². The molecule has 6 heteroatoms. The maximum Gasteiger partial charge on any atom is 0.327 e. The number of imide groups is 1. The minimum absolute atomic E-state index is 0.0268. The van der Waals surface area contributed by atoms with Crippen molar-refractivity contribution in [1.82, 2.24) is 14.7 Å². The van der Waals surface area contributed by atoms with E-state index >= 15 is 0 Å². The van der Waals surface area contributed by atoms with Crippen molar-refractivity contribution in [3.8, 4) is 0 Å². The molecule has 0 radical (unpaired) electrons. The molecule has 1 aliphatic carbocycles. The summed E-state index contributed by atoms with van der Waals surface area (Å²) >= 11 is 0. The van der Waals surface area contributed by atoms with Gasteiger partial charge in [0, 0.05) is 26.1 Å². The van der Waals surface area contributed by atoms with Crippen LogP contribution in [0.25, 0.3) is 0 Å². The Morgan fingerprint density at radius 2 is 1.80 bits per heavy atom. The third kappa shape index (κ3) is 2.07. The number of hydrogen-bond acceptors (Lipinski definition) is 3. The van der Waals surface area contributed by atoms with Gasteiger partial charge in [-0.05, 0) is 12.8 Å². The van der Waals surface area contributed by atoms with Gasteiger partial charge in [-0.2, -0.15) is 0 Å². The molecule has 110 valence electrons. The van der Waals surface area contributed by atoms with Crippen LogP contribution in [-0.4, -0.2) is 64.3 Å². The van der Waals surface area contributed by atoms with Crippen LogP contribution in [0.3, 0.4) is 0 Å². The van der Waals surface area contributed by atoms with E-state index in [1.165, 1.54) is 18.2 Å². The van der Waals surface area contributed by atoms with Crippen molar-refractivity contribution in [2.24, 2.45) is 0 Å². The molecule has 3 aliphatic rings. The predicted octanol–water partition coefficient (Wildman–Crippen LogP) is 0.814. The molecule has 2 heterocycles. The molecule has 0 N–H and O–H groups in total. The Bertz CT molecular complexity index is 445. The summed E-state index contributed by atoms with van der Waals surface area (Å²) in [7, 11) is 0. The zero-order valence-corrected chi connectivity index (χ0v) is 11.9. The minimum atomic E-state index is -0.456. The highest BCUT2D eigenvalue weighted by molar-refractivity contribution is 6.05. The summed E-state index contributed by atoms with van der Waals surface area (Å²) in [6.07, 6.45) is 5.22. The zero-order chi connectivity index (χ0) is 14.3. The molecule has 0 aromatic heterocycles. The van der Waals surface area contributed by atoms with Crippen LogP contribution in [0.5, 0.6) is 0 Å². The van der Waals surface area contributed by atoms with Crippen molar-refractivity contribution in [2.75, 3.05) is 19.6 Å². The lowest BCUT2D eigenvalue weighted by Crippen LogP contribution is -2.54. The van der Waals surface area contributed by atoms with Gasteiger partial charge in [0.05, 0.1) is 6.54 Å². The topological polar surface area (TPSA) is 60.9 Å². The van der Waals surface area contributed by atoms with Crippen LogP contribution < -0.4 is 0 Å². The van der Waals surface area contributed by atoms with Crippen molar-refractivity contribution in [1.29, 1.82) is 0 Å². The molecule has 0 aromatic carbocycles. The average molecular weight is 279 g/mol. The molecule has 3 rings (SSSR count). The Hall–Kier alpha value is -1.59. The second-order valence-electron chi connectivity index (χ2n) is 5.96. The molecule has 0 spiro atoms. The lowest BCUT2D eigenvalue weighted by atomic mass is 9.94. The molecule has 6 nitrogen and oxygen atoms in total. The van der Waals surface area contributed by atoms with Crippen molar-refractivity contribution >= 4 is 17.8 Å². The highest BCUT2D eigenvalue weighted by Gasteiger charge is 2.50. The highest BCUT2D eigenvalue weighted by atomic mass is 16.2. The van der Waals surface area contributed by atoms with E-state index in [1.54, 1.807) is 9.80 Å². The third-order valence-corrected chi connectivity index (χ3v) is 4.74. The van der Waals surface area contributed by atoms with Crippen LogP contribution in [0, 0.1) is 0 Å². The second kappa shape index (κ2) is 5.07. The Labute approximate surface area is 118 Å². The molecule has 1 saturated carbocycles. The Kier molecular flexibility index (Phi) is 3.40. The van der Waals surface area contributed by atoms with Gasteiger partial charge in [-0.1, -0.05) is 19.3 Å². The van der Waals surface area contributed by atoms with E-state index in [-0.39, 0.29) is 23.9 Å². The maximum absolute atomic E-state index is 12.5. The molecule has 1 unspecified atom stereocenters. The first-order chi connectivity index (χ1) is 9.59. The second-order valence-corrected chi connectivity index (χ2v) is 5.96. The summed E-state index contributed by atoms with van der Waals surface area (Å²) in [5.74, 6) is -0.131. The Morgan fingerprint density at radius 3 is 2.45 bits per heavy atom. The number of piperazine rings is 1. The molecule has 4 amide bonds. The van der Waals surface area contributed by atoms with E-state index in [9.17, 15) is 14.4 Å². The molecule has 2 saturated heterocycles. The lowest BCUT2D eigenvalue weighted by molar-refractivity contribution is -0.135. The van der Waals surface area contributed by atoms with Gasteiger partial charge in [0.2, 0.25) is 5.91 Å². The molecule has 1 atom stereocenters. The fourth-order valence-electron chi connectivity index (χ4n) is 3.58. The number of fused-ring (bicyclic) bond motifs is 1. The van der Waals surface area contributed by atoms with Gasteiger partial charge in [0.25, 0.3) is 5.91 Å². The first-order valence-corrected chi connectivity index (χ1v) is 7.49. The average Bonchev–Trinajstić information content (AvgIpc) is 2.71. The van der Waals surface area contributed by atoms with Crippen LogP contribution >= 0.6 is 0 Å². The monoisotopic (exact) mass is 279 g/mol. The van der Waals surface area contributed by atoms with E-state index in [1.807, 2.05) is 0 Å². The quantitative estimate of drug-likeness (QED) is 0.667. The lowest BCUT2D eigenvalue weighted by Gasteiger charge is -2.34. The number of amides is 4. The number of rotatable bonds is 1. The van der Waals surface area contributed by atoms with Crippen LogP contribution in [0.1, 0.15) is 39.0 Å². The van der Waals surface area contributed by atoms with Crippen molar-refractivity contribution in [3.63, 3.8) is 0 Å². The first kappa shape index (κ1) is 13.4. The van der Waals surface area contributed by atoms with Gasteiger partial charge in [-0.25, -0.2) is 4.79 Å². The van der Waals surface area contributed by atoms with Gasteiger partial charge in [0.15, 0.2) is 0 Å². The summed E-state index contributed by atoms with van der Waals surface area (Å²) in [6.45, 7) is 2.86. The predicted molar refractivity (Wildman–Crippen MR) is 71.9 cm³/mol. The Morgan fingerprint density at radius 1 is 1.10 bits per heavy atom. The number of nitrogens with zero attached hydrogens (tertiary/aromatic N) is 3. The molecule has 0 aromatic rings. The van der Waals surface area contributed by atoms with Gasteiger partial charge in [-0.15, -0.1) is 0 Å². The number of carbonyl (C=O) groups is 3. The van der Waals surface area contributed by atoms with Crippen LogP contribution in [-0.2, 0) is 9.59 Å². The molecule has 3 fully saturated rings. The first-order valence-electron chi connectivity index (χ1n) is 7.49. The van der Waals surface area contributed by atoms with Gasteiger partial charge < -0.3 is 9.80 Å². The van der Waals surface area contributed by atoms with E-state index in [2.05, 4.69) is 0 Å². The maximum atomic E-state index is 12.5. The molecule has 20 heavy (non-hydrogen) atoms. The van der Waals surface area contributed by atoms with Crippen molar-refractivity contribution in [2.45, 2.75) is 51.1 Å². The van der Waals surface area contributed by atoms with Crippen molar-refractivity contribution in [3.05, 3.63) is 0 Å². The van der Waals surface area contributed by atoms with Crippen LogP contribution in [0.15, 0.2) is 0 Å². The number of hydrogen-bond donors (Lipinski definition) is 0. The van der Waals surface area contributed by atoms with Gasteiger partial charge in [-0.3, -0.25) is 14.5 Å². The summed E-state index contributed by atoms with van der Waals surface area (Å²) in [5, 5.41) is 0. The summed E-state index contributed by atoms with van der Waals surface area (Å²) < 4.78 is 0. The van der Waals surface area contributed by atoms with Crippen LogP contribution in [0.2, 0.25) is 0 Å². The van der Waals surface area contributed by atoms with Gasteiger partial charge in [0.1, 0.15) is 6.04 Å². The number of urea groups is 1. The van der Waals surface area contributed by atoms with Crippen LogP contribution in [0.4, 0.5) is 4.79 Å². The molecule has 0 bridgehead atoms. The van der Waals surface area contributed by atoms with E-state index in [4.69, 9.17) is 0 Å². The number of carbonyl (C=O) groups excluding carboxylic acids is 3. The SMILES string of the molecule is CC(=O)N1CCN2C(=O)N(C3CCCCC3)C(=O)C2C1. The van der Waals surface area contributed by atoms with E-state index in [0.717, 1.165) is 25.7 Å². The summed E-state index contributed by atoms with van der Waals surface area (Å²) in [5.41, 5.74) is 0. The fourth-order valence-corrected chi connectivity index (χ4v) is 3.58. The largest absolute Gasteiger partial charge is 0.339 e. The minimum Gasteiger partial charge on any atom is -0.339 e. The normalized spacial score (nSPS) is 28.1. The summed E-state index contributed by atoms with van der Waals surface area (Å²) in [6, 6.07) is -0.530. The highest BCUT2D eigenvalue weighted by Crippen LogP contribution is 2.30.